The first kappa shape index (κ1) is 27.0. The molecule has 2 amide bonds. The zero-order valence-electron chi connectivity index (χ0n) is 21.0. The Morgan fingerprint density at radius 3 is 2.65 bits per heavy atom. The Balaban J connectivity index is 1.46. The maximum absolute atomic E-state index is 12.2. The van der Waals surface area contributed by atoms with E-state index in [1.807, 2.05) is 30.3 Å². The van der Waals surface area contributed by atoms with Crippen LogP contribution in [0, 0.1) is 0 Å². The van der Waals surface area contributed by atoms with Crippen molar-refractivity contribution in [2.75, 3.05) is 38.1 Å². The summed E-state index contributed by atoms with van der Waals surface area (Å²) in [6, 6.07) is 14.4. The molecule has 2 saturated heterocycles. The van der Waals surface area contributed by atoms with Crippen LogP contribution >= 0.6 is 0 Å². The zero-order valence-corrected chi connectivity index (χ0v) is 21.0. The third-order valence-electron chi connectivity index (χ3n) is 6.44. The van der Waals surface area contributed by atoms with Gasteiger partial charge in [0.1, 0.15) is 6.54 Å². The van der Waals surface area contributed by atoms with Crippen molar-refractivity contribution < 1.29 is 34.0 Å². The fourth-order valence-electron chi connectivity index (χ4n) is 4.60. The Morgan fingerprint density at radius 2 is 1.95 bits per heavy atom. The molecule has 2 aliphatic rings. The maximum Gasteiger partial charge on any atom is 0.325 e. The highest BCUT2D eigenvalue weighted by atomic mass is 16.7. The van der Waals surface area contributed by atoms with E-state index in [9.17, 15) is 19.8 Å². The van der Waals surface area contributed by atoms with E-state index in [2.05, 4.69) is 15.5 Å². The average molecular weight is 514 g/mol. The Morgan fingerprint density at radius 1 is 1.14 bits per heavy atom. The number of aliphatic hydroxyl groups excluding tert-OH is 2. The van der Waals surface area contributed by atoms with Crippen molar-refractivity contribution in [1.82, 2.24) is 10.2 Å². The predicted molar refractivity (Wildman–Crippen MR) is 136 cm³/mol. The number of ether oxygens (including phenoxy) is 3. The normalized spacial score (nSPS) is 24.0. The molecule has 0 spiro atoms. The Labute approximate surface area is 216 Å². The van der Waals surface area contributed by atoms with Crippen LogP contribution in [0.15, 0.2) is 48.5 Å². The molecule has 0 aromatic heterocycles. The lowest BCUT2D eigenvalue weighted by Gasteiger charge is -2.38. The van der Waals surface area contributed by atoms with E-state index in [1.54, 1.807) is 25.1 Å². The van der Waals surface area contributed by atoms with Crippen molar-refractivity contribution in [1.29, 1.82) is 0 Å². The van der Waals surface area contributed by atoms with Crippen molar-refractivity contribution >= 4 is 17.7 Å². The third-order valence-corrected chi connectivity index (χ3v) is 6.44. The smallest absolute Gasteiger partial charge is 0.325 e. The minimum Gasteiger partial charge on any atom is -0.465 e. The predicted octanol–water partition coefficient (Wildman–Crippen LogP) is 2.48. The van der Waals surface area contributed by atoms with E-state index < -0.39 is 18.3 Å². The van der Waals surface area contributed by atoms with Gasteiger partial charge in [-0.2, -0.15) is 0 Å². The quantitative estimate of drug-likeness (QED) is 0.377. The number of carbonyl (C=O) groups is 2. The number of urea groups is 1. The monoisotopic (exact) mass is 513 g/mol. The second-order valence-corrected chi connectivity index (χ2v) is 9.29. The Hall–Kier alpha value is -3.02. The molecule has 4 atom stereocenters. The van der Waals surface area contributed by atoms with Crippen LogP contribution in [0.2, 0.25) is 0 Å². The molecular weight excluding hydrogens is 478 g/mol. The number of β-amino-alcohol motifs (C(OH)–C–C–N with tert-alkyl or cyclic N) is 1. The molecule has 2 aromatic carbocycles. The van der Waals surface area contributed by atoms with E-state index in [0.29, 0.717) is 25.2 Å². The lowest BCUT2D eigenvalue weighted by Crippen LogP contribution is -2.38. The average Bonchev–Trinajstić information content (AvgIpc) is 3.32. The van der Waals surface area contributed by atoms with E-state index in [1.165, 1.54) is 0 Å². The van der Waals surface area contributed by atoms with Crippen LogP contribution in [0.3, 0.4) is 0 Å². The number of hydrogen-bond donors (Lipinski definition) is 4. The minimum absolute atomic E-state index is 0.0232. The molecule has 2 fully saturated rings. The number of likely N-dealkylation sites (tertiary alicyclic amines) is 1. The SMILES string of the molecule is CCOC(=O)CNC(=O)Nc1cccc(C2OC(CN3CCC(O)C3)CC(c3ccc(CO)cc3)O2)c1. The number of amides is 2. The van der Waals surface area contributed by atoms with Crippen molar-refractivity contribution in [2.24, 2.45) is 0 Å². The summed E-state index contributed by atoms with van der Waals surface area (Å²) in [6.07, 6.45) is 0.0679. The van der Waals surface area contributed by atoms with Gasteiger partial charge in [-0.05, 0) is 36.6 Å². The van der Waals surface area contributed by atoms with Gasteiger partial charge in [0, 0.05) is 37.3 Å². The van der Waals surface area contributed by atoms with E-state index in [0.717, 1.165) is 29.7 Å². The molecule has 37 heavy (non-hydrogen) atoms. The summed E-state index contributed by atoms with van der Waals surface area (Å²) in [5, 5.41) is 24.5. The van der Waals surface area contributed by atoms with Gasteiger partial charge in [-0.1, -0.05) is 36.4 Å². The number of nitrogens with one attached hydrogen (secondary N) is 2. The Kier molecular flexibility index (Phi) is 9.48. The zero-order chi connectivity index (χ0) is 26.2. The summed E-state index contributed by atoms with van der Waals surface area (Å²) in [5.74, 6) is -0.509. The molecule has 0 radical (unpaired) electrons. The molecule has 0 aliphatic carbocycles. The van der Waals surface area contributed by atoms with Gasteiger partial charge < -0.3 is 35.1 Å². The third kappa shape index (κ3) is 7.73. The van der Waals surface area contributed by atoms with Gasteiger partial charge in [-0.15, -0.1) is 0 Å². The fraction of sp³-hybridized carbons (Fsp3) is 0.481. The first-order chi connectivity index (χ1) is 17.9. The first-order valence-corrected chi connectivity index (χ1v) is 12.6. The molecule has 2 heterocycles. The van der Waals surface area contributed by atoms with Crippen LogP contribution in [-0.4, -0.2) is 72.1 Å². The van der Waals surface area contributed by atoms with Crippen molar-refractivity contribution in [2.45, 2.75) is 51.0 Å². The number of anilines is 1. The van der Waals surface area contributed by atoms with Crippen molar-refractivity contribution in [3.8, 4) is 0 Å². The number of aliphatic hydroxyl groups is 2. The van der Waals surface area contributed by atoms with Crippen molar-refractivity contribution in [3.05, 3.63) is 65.2 Å². The summed E-state index contributed by atoms with van der Waals surface area (Å²) < 4.78 is 17.5. The molecule has 4 rings (SSSR count). The molecule has 200 valence electrons. The van der Waals surface area contributed by atoms with Gasteiger partial charge >= 0.3 is 12.0 Å². The van der Waals surface area contributed by atoms with E-state index >= 15 is 0 Å². The van der Waals surface area contributed by atoms with Gasteiger partial charge in [0.25, 0.3) is 0 Å². The summed E-state index contributed by atoms with van der Waals surface area (Å²) in [5.41, 5.74) is 3.09. The molecule has 10 heteroatoms. The Bertz CT molecular complexity index is 1050. The minimum atomic E-state index is -0.668. The van der Waals surface area contributed by atoms with Gasteiger partial charge in [0.15, 0.2) is 6.29 Å². The van der Waals surface area contributed by atoms with Crippen LogP contribution < -0.4 is 10.6 Å². The summed E-state index contributed by atoms with van der Waals surface area (Å²) >= 11 is 0. The number of benzene rings is 2. The molecule has 10 nitrogen and oxygen atoms in total. The highest BCUT2D eigenvalue weighted by molar-refractivity contribution is 5.91. The lowest BCUT2D eigenvalue weighted by atomic mass is 9.99. The number of carbonyl (C=O) groups excluding carboxylic acids is 2. The van der Waals surface area contributed by atoms with E-state index in [4.69, 9.17) is 14.2 Å². The second kappa shape index (κ2) is 13.0. The molecule has 2 aliphatic heterocycles. The highest BCUT2D eigenvalue weighted by Crippen LogP contribution is 2.38. The summed E-state index contributed by atoms with van der Waals surface area (Å²) in [4.78, 5) is 25.9. The number of rotatable bonds is 9. The largest absolute Gasteiger partial charge is 0.465 e. The lowest BCUT2D eigenvalue weighted by molar-refractivity contribution is -0.252. The summed E-state index contributed by atoms with van der Waals surface area (Å²) in [7, 11) is 0. The fourth-order valence-corrected chi connectivity index (χ4v) is 4.60. The van der Waals surface area contributed by atoms with Gasteiger partial charge in [0.2, 0.25) is 0 Å². The van der Waals surface area contributed by atoms with Gasteiger partial charge in [-0.3, -0.25) is 9.69 Å². The van der Waals surface area contributed by atoms with E-state index in [-0.39, 0.29) is 38.1 Å². The van der Waals surface area contributed by atoms with Crippen LogP contribution in [0.25, 0.3) is 0 Å². The molecule has 0 bridgehead atoms. The molecule has 4 unspecified atom stereocenters. The highest BCUT2D eigenvalue weighted by Gasteiger charge is 2.34. The van der Waals surface area contributed by atoms with Crippen LogP contribution in [0.4, 0.5) is 10.5 Å². The number of nitrogens with zero attached hydrogens (tertiary/aromatic N) is 1. The van der Waals surface area contributed by atoms with Gasteiger partial charge in [0.05, 0.1) is 31.5 Å². The van der Waals surface area contributed by atoms with Crippen LogP contribution in [-0.2, 0) is 25.6 Å². The standard InChI is InChI=1S/C27H35N3O7/c1-2-35-25(33)14-28-27(34)29-21-5-3-4-20(12-21)26-36-23(16-30-11-10-22(32)15-30)13-24(37-26)19-8-6-18(17-31)7-9-19/h3-9,12,22-24,26,31-32H,2,10-11,13-17H2,1H3,(H2,28,29,34). The topological polar surface area (TPSA) is 130 Å². The number of esters is 1. The number of hydrogen-bond acceptors (Lipinski definition) is 8. The maximum atomic E-state index is 12.2. The molecule has 2 aromatic rings. The molecule has 0 saturated carbocycles. The molecule has 4 N–H and O–H groups in total. The van der Waals surface area contributed by atoms with Crippen LogP contribution in [0.5, 0.6) is 0 Å². The second-order valence-electron chi connectivity index (χ2n) is 9.29. The van der Waals surface area contributed by atoms with Crippen LogP contribution in [0.1, 0.15) is 48.8 Å². The summed E-state index contributed by atoms with van der Waals surface area (Å²) in [6.45, 7) is 3.83. The van der Waals surface area contributed by atoms with Crippen molar-refractivity contribution in [3.63, 3.8) is 0 Å². The molecular formula is C27H35N3O7. The van der Waals surface area contributed by atoms with Gasteiger partial charge in [-0.25, -0.2) is 4.79 Å². The first-order valence-electron chi connectivity index (χ1n) is 12.6.